The Labute approximate surface area is 86.9 Å². The van der Waals surface area contributed by atoms with Crippen LogP contribution in [0.15, 0.2) is 0 Å². The van der Waals surface area contributed by atoms with Gasteiger partial charge in [-0.05, 0) is 25.7 Å². The van der Waals surface area contributed by atoms with E-state index in [0.29, 0.717) is 18.6 Å². The number of nitrogens with one attached hydrogen (secondary N) is 1. The van der Waals surface area contributed by atoms with Gasteiger partial charge in [-0.25, -0.2) is 0 Å². The van der Waals surface area contributed by atoms with Gasteiger partial charge in [0.2, 0.25) is 5.91 Å². The Hall–Kier alpha value is -0.570. The van der Waals surface area contributed by atoms with Crippen molar-refractivity contribution in [1.82, 2.24) is 10.2 Å². The summed E-state index contributed by atoms with van der Waals surface area (Å²) in [6, 6.07) is 1.03. The molecular weight excluding hydrogens is 176 g/mol. The summed E-state index contributed by atoms with van der Waals surface area (Å²) >= 11 is 0. The lowest BCUT2D eigenvalue weighted by Crippen LogP contribution is -2.40. The van der Waals surface area contributed by atoms with Crippen LogP contribution < -0.4 is 5.32 Å². The molecule has 0 saturated heterocycles. The van der Waals surface area contributed by atoms with E-state index in [1.807, 2.05) is 11.9 Å². The number of rotatable bonds is 6. The van der Waals surface area contributed by atoms with Crippen LogP contribution in [0, 0.1) is 0 Å². The van der Waals surface area contributed by atoms with Gasteiger partial charge in [0.05, 0.1) is 6.54 Å². The van der Waals surface area contributed by atoms with Crippen LogP contribution >= 0.6 is 0 Å². The Kier molecular flexibility index (Phi) is 4.39. The minimum absolute atomic E-state index is 0.236. The van der Waals surface area contributed by atoms with Gasteiger partial charge in [0, 0.05) is 19.1 Å². The number of carbonyl (C=O) groups is 1. The molecule has 0 unspecified atom stereocenters. The van der Waals surface area contributed by atoms with E-state index < -0.39 is 0 Å². The molecule has 1 aliphatic rings. The van der Waals surface area contributed by atoms with E-state index in [2.05, 4.69) is 19.2 Å². The number of nitrogens with zero attached hydrogens (tertiary/aromatic N) is 1. The molecule has 0 bridgehead atoms. The zero-order chi connectivity index (χ0) is 10.6. The second-order valence-electron chi connectivity index (χ2n) is 4.13. The summed E-state index contributed by atoms with van der Waals surface area (Å²) in [5, 5.41) is 3.29. The molecule has 3 nitrogen and oxygen atoms in total. The first-order valence-corrected chi connectivity index (χ1v) is 5.68. The third kappa shape index (κ3) is 3.29. The molecule has 3 heteroatoms. The third-order valence-electron chi connectivity index (χ3n) is 3.02. The lowest BCUT2D eigenvalue weighted by molar-refractivity contribution is -0.129. The largest absolute Gasteiger partial charge is 0.342 e. The number of hydrogen-bond donors (Lipinski definition) is 1. The number of amides is 1. The van der Waals surface area contributed by atoms with Gasteiger partial charge in [-0.15, -0.1) is 0 Å². The second kappa shape index (κ2) is 5.35. The van der Waals surface area contributed by atoms with Crippen LogP contribution in [0.2, 0.25) is 0 Å². The number of carbonyl (C=O) groups excluding carboxylic acids is 1. The second-order valence-corrected chi connectivity index (χ2v) is 4.13. The van der Waals surface area contributed by atoms with Gasteiger partial charge in [-0.3, -0.25) is 4.79 Å². The summed E-state index contributed by atoms with van der Waals surface area (Å²) in [5.74, 6) is 0.236. The standard InChI is InChI=1S/C11H22N2O/c1-4-9(5-2)12-8-11(14)13(3)10-6-7-10/h9-10,12H,4-8H2,1-3H3. The van der Waals surface area contributed by atoms with E-state index in [1.54, 1.807) is 0 Å². The minimum Gasteiger partial charge on any atom is -0.342 e. The minimum atomic E-state index is 0.236. The monoisotopic (exact) mass is 198 g/mol. The maximum Gasteiger partial charge on any atom is 0.236 e. The van der Waals surface area contributed by atoms with Crippen molar-refractivity contribution in [2.75, 3.05) is 13.6 Å². The molecule has 1 rings (SSSR count). The van der Waals surface area contributed by atoms with Gasteiger partial charge < -0.3 is 10.2 Å². The van der Waals surface area contributed by atoms with Gasteiger partial charge in [0.1, 0.15) is 0 Å². The highest BCUT2D eigenvalue weighted by atomic mass is 16.2. The van der Waals surface area contributed by atoms with Gasteiger partial charge in [0.15, 0.2) is 0 Å². The molecule has 0 aliphatic heterocycles. The average molecular weight is 198 g/mol. The molecule has 1 fully saturated rings. The Balaban J connectivity index is 2.19. The van der Waals surface area contributed by atoms with Crippen LogP contribution in [0.5, 0.6) is 0 Å². The average Bonchev–Trinajstić information content (AvgIpc) is 3.01. The first kappa shape index (κ1) is 11.5. The Morgan fingerprint density at radius 3 is 2.43 bits per heavy atom. The van der Waals surface area contributed by atoms with Crippen molar-refractivity contribution in [3.8, 4) is 0 Å². The lowest BCUT2D eigenvalue weighted by Gasteiger charge is -2.19. The van der Waals surface area contributed by atoms with Crippen molar-refractivity contribution in [3.63, 3.8) is 0 Å². The maximum absolute atomic E-state index is 11.6. The van der Waals surface area contributed by atoms with Gasteiger partial charge in [-0.2, -0.15) is 0 Å². The number of likely N-dealkylation sites (N-methyl/N-ethyl adjacent to an activating group) is 1. The number of hydrogen-bond acceptors (Lipinski definition) is 2. The molecule has 1 aliphatic carbocycles. The van der Waals surface area contributed by atoms with Crippen molar-refractivity contribution in [2.24, 2.45) is 0 Å². The maximum atomic E-state index is 11.6. The molecule has 1 saturated carbocycles. The molecule has 0 atom stereocenters. The highest BCUT2D eigenvalue weighted by molar-refractivity contribution is 5.78. The first-order chi connectivity index (χ1) is 6.69. The smallest absolute Gasteiger partial charge is 0.236 e. The molecule has 0 aromatic heterocycles. The van der Waals surface area contributed by atoms with Crippen molar-refractivity contribution in [3.05, 3.63) is 0 Å². The Bertz CT molecular complexity index is 186. The molecule has 0 aromatic carbocycles. The SMILES string of the molecule is CCC(CC)NCC(=O)N(C)C1CC1. The summed E-state index contributed by atoms with van der Waals surface area (Å²) in [6.45, 7) is 4.80. The summed E-state index contributed by atoms with van der Waals surface area (Å²) in [7, 11) is 1.91. The first-order valence-electron chi connectivity index (χ1n) is 5.68. The molecule has 0 radical (unpaired) electrons. The molecule has 82 valence electrons. The van der Waals surface area contributed by atoms with Crippen molar-refractivity contribution < 1.29 is 4.79 Å². The summed E-state index contributed by atoms with van der Waals surface area (Å²) in [4.78, 5) is 13.5. The Morgan fingerprint density at radius 2 is 2.00 bits per heavy atom. The predicted molar refractivity (Wildman–Crippen MR) is 58.2 cm³/mol. The fraction of sp³-hybridized carbons (Fsp3) is 0.909. The van der Waals surface area contributed by atoms with E-state index in [-0.39, 0.29) is 5.91 Å². The molecule has 0 aromatic rings. The third-order valence-corrected chi connectivity index (χ3v) is 3.02. The van der Waals surface area contributed by atoms with E-state index >= 15 is 0 Å². The highest BCUT2D eigenvalue weighted by Gasteiger charge is 2.29. The molecule has 1 N–H and O–H groups in total. The summed E-state index contributed by atoms with van der Waals surface area (Å²) < 4.78 is 0. The normalized spacial score (nSPS) is 16.0. The molecule has 14 heavy (non-hydrogen) atoms. The zero-order valence-electron chi connectivity index (χ0n) is 9.55. The van der Waals surface area contributed by atoms with Crippen LogP contribution in [0.3, 0.4) is 0 Å². The van der Waals surface area contributed by atoms with Gasteiger partial charge in [0.25, 0.3) is 0 Å². The van der Waals surface area contributed by atoms with Crippen molar-refractivity contribution >= 4 is 5.91 Å². The van der Waals surface area contributed by atoms with Crippen LogP contribution in [0.1, 0.15) is 39.5 Å². The molecular formula is C11H22N2O. The van der Waals surface area contributed by atoms with Crippen molar-refractivity contribution in [1.29, 1.82) is 0 Å². The molecule has 0 heterocycles. The van der Waals surface area contributed by atoms with Crippen LogP contribution in [0.25, 0.3) is 0 Å². The quantitative estimate of drug-likeness (QED) is 0.699. The van der Waals surface area contributed by atoms with E-state index in [4.69, 9.17) is 0 Å². The van der Waals surface area contributed by atoms with E-state index in [0.717, 1.165) is 12.8 Å². The highest BCUT2D eigenvalue weighted by Crippen LogP contribution is 2.25. The van der Waals surface area contributed by atoms with Gasteiger partial charge >= 0.3 is 0 Å². The van der Waals surface area contributed by atoms with Crippen LogP contribution in [-0.4, -0.2) is 36.5 Å². The van der Waals surface area contributed by atoms with E-state index in [9.17, 15) is 4.79 Å². The summed E-state index contributed by atoms with van der Waals surface area (Å²) in [6.07, 6.45) is 4.56. The predicted octanol–water partition coefficient (Wildman–Crippen LogP) is 1.39. The Morgan fingerprint density at radius 1 is 1.43 bits per heavy atom. The zero-order valence-corrected chi connectivity index (χ0v) is 9.55. The molecule has 0 spiro atoms. The van der Waals surface area contributed by atoms with Crippen LogP contribution in [-0.2, 0) is 4.79 Å². The fourth-order valence-electron chi connectivity index (χ4n) is 1.60. The van der Waals surface area contributed by atoms with Crippen LogP contribution in [0.4, 0.5) is 0 Å². The fourth-order valence-corrected chi connectivity index (χ4v) is 1.60. The topological polar surface area (TPSA) is 32.3 Å². The van der Waals surface area contributed by atoms with Crippen molar-refractivity contribution in [2.45, 2.75) is 51.6 Å². The van der Waals surface area contributed by atoms with E-state index in [1.165, 1.54) is 12.8 Å². The van der Waals surface area contributed by atoms with Gasteiger partial charge in [-0.1, -0.05) is 13.8 Å². The summed E-state index contributed by atoms with van der Waals surface area (Å²) in [5.41, 5.74) is 0. The molecule has 1 amide bonds. The lowest BCUT2D eigenvalue weighted by atomic mass is 10.2.